The van der Waals surface area contributed by atoms with Crippen LogP contribution in [0.1, 0.15) is 25.3 Å². The molecule has 0 radical (unpaired) electrons. The maximum absolute atomic E-state index is 8.50. The molecule has 2 N–H and O–H groups in total. The van der Waals surface area contributed by atoms with Crippen LogP contribution in [0.15, 0.2) is 30.3 Å². The van der Waals surface area contributed by atoms with Crippen LogP contribution in [0.5, 0.6) is 0 Å². The highest BCUT2D eigenvalue weighted by Crippen LogP contribution is 2.41. The number of hydrogen-bond donors (Lipinski definition) is 2. The van der Waals surface area contributed by atoms with Crippen LogP contribution in [0.25, 0.3) is 0 Å². The Labute approximate surface area is 96.4 Å². The van der Waals surface area contributed by atoms with Crippen molar-refractivity contribution in [3.63, 3.8) is 0 Å². The van der Waals surface area contributed by atoms with Crippen LogP contribution < -0.4 is 5.32 Å². The Balaban J connectivity index is 1.69. The zero-order valence-electron chi connectivity index (χ0n) is 9.65. The zero-order valence-corrected chi connectivity index (χ0v) is 9.65. The molecule has 0 aromatic heterocycles. The predicted molar refractivity (Wildman–Crippen MR) is 63.0 cm³/mol. The maximum Gasteiger partial charge on any atom is 0.0938 e. The third-order valence-corrected chi connectivity index (χ3v) is 3.31. The summed E-state index contributed by atoms with van der Waals surface area (Å²) in [6, 6.07) is 10.4. The minimum atomic E-state index is 0.0449. The van der Waals surface area contributed by atoms with Crippen LogP contribution >= 0.6 is 0 Å². The van der Waals surface area contributed by atoms with Gasteiger partial charge in [-0.15, -0.1) is 0 Å². The molecule has 3 heteroatoms. The van der Waals surface area contributed by atoms with E-state index in [2.05, 4.69) is 41.4 Å². The summed E-state index contributed by atoms with van der Waals surface area (Å²) >= 11 is 0. The molecule has 0 saturated heterocycles. The Morgan fingerprint density at radius 1 is 1.38 bits per heavy atom. The molecular formula is C13H19NO2. The summed E-state index contributed by atoms with van der Waals surface area (Å²) in [7, 11) is 0. The van der Waals surface area contributed by atoms with Crippen molar-refractivity contribution in [1.29, 1.82) is 0 Å². The molecule has 1 saturated carbocycles. The van der Waals surface area contributed by atoms with Gasteiger partial charge in [-0.25, -0.2) is 4.89 Å². The Hall–Kier alpha value is -0.900. The molecule has 0 amide bonds. The topological polar surface area (TPSA) is 41.5 Å². The molecule has 88 valence electrons. The van der Waals surface area contributed by atoms with Crippen LogP contribution in [0.3, 0.4) is 0 Å². The first-order valence-corrected chi connectivity index (χ1v) is 5.77. The normalized spacial score (nSPS) is 28.8. The van der Waals surface area contributed by atoms with E-state index in [1.165, 1.54) is 5.56 Å². The van der Waals surface area contributed by atoms with Gasteiger partial charge in [0.15, 0.2) is 0 Å². The van der Waals surface area contributed by atoms with Gasteiger partial charge < -0.3 is 5.32 Å². The summed E-state index contributed by atoms with van der Waals surface area (Å²) < 4.78 is 0. The molecule has 0 atom stereocenters. The van der Waals surface area contributed by atoms with E-state index in [0.717, 1.165) is 25.9 Å². The summed E-state index contributed by atoms with van der Waals surface area (Å²) in [5, 5.41) is 12.0. The summed E-state index contributed by atoms with van der Waals surface area (Å²) in [4.78, 5) is 4.32. The summed E-state index contributed by atoms with van der Waals surface area (Å²) in [5.41, 5.74) is 1.59. The van der Waals surface area contributed by atoms with Crippen LogP contribution in [-0.2, 0) is 11.4 Å². The van der Waals surface area contributed by atoms with Crippen LogP contribution in [0.2, 0.25) is 0 Å². The summed E-state index contributed by atoms with van der Waals surface area (Å²) in [6.45, 7) is 4.10. The van der Waals surface area contributed by atoms with E-state index in [1.807, 2.05) is 6.07 Å². The third-order valence-electron chi connectivity index (χ3n) is 3.31. The van der Waals surface area contributed by atoms with E-state index < -0.39 is 0 Å². The Kier molecular flexibility index (Phi) is 3.59. The SMILES string of the molecule is CC1(CNCc2ccccc2)CC(OO)C1. The molecule has 16 heavy (non-hydrogen) atoms. The molecular weight excluding hydrogens is 202 g/mol. The lowest BCUT2D eigenvalue weighted by atomic mass is 9.68. The highest BCUT2D eigenvalue weighted by molar-refractivity contribution is 5.14. The van der Waals surface area contributed by atoms with E-state index >= 15 is 0 Å². The number of rotatable bonds is 5. The van der Waals surface area contributed by atoms with Gasteiger partial charge in [-0.2, -0.15) is 0 Å². The molecule has 0 spiro atoms. The van der Waals surface area contributed by atoms with E-state index in [4.69, 9.17) is 5.26 Å². The molecule has 0 bridgehead atoms. The fraction of sp³-hybridized carbons (Fsp3) is 0.538. The number of nitrogens with one attached hydrogen (secondary N) is 1. The van der Waals surface area contributed by atoms with Crippen LogP contribution in [0.4, 0.5) is 0 Å². The van der Waals surface area contributed by atoms with Crippen molar-refractivity contribution < 1.29 is 10.1 Å². The molecule has 0 unspecified atom stereocenters. The minimum absolute atomic E-state index is 0.0449. The van der Waals surface area contributed by atoms with Gasteiger partial charge >= 0.3 is 0 Å². The number of benzene rings is 1. The highest BCUT2D eigenvalue weighted by atomic mass is 17.1. The first-order valence-electron chi connectivity index (χ1n) is 5.77. The average Bonchev–Trinajstić information content (AvgIpc) is 2.27. The molecule has 1 aliphatic rings. The second-order valence-electron chi connectivity index (χ2n) is 5.04. The van der Waals surface area contributed by atoms with Gasteiger partial charge in [-0.05, 0) is 23.8 Å². The zero-order chi connectivity index (χ0) is 11.4. The summed E-state index contributed by atoms with van der Waals surface area (Å²) in [6.07, 6.45) is 1.92. The lowest BCUT2D eigenvalue weighted by Crippen LogP contribution is -2.46. The Morgan fingerprint density at radius 3 is 2.69 bits per heavy atom. The second kappa shape index (κ2) is 4.95. The quantitative estimate of drug-likeness (QED) is 0.592. The third kappa shape index (κ3) is 2.82. The second-order valence-corrected chi connectivity index (χ2v) is 5.04. The standard InChI is InChI=1S/C13H19NO2/c1-13(7-12(8-13)16-15)10-14-9-11-5-3-2-4-6-11/h2-6,12,14-15H,7-10H2,1H3. The monoisotopic (exact) mass is 221 g/mol. The highest BCUT2D eigenvalue weighted by Gasteiger charge is 2.40. The fourth-order valence-electron chi connectivity index (χ4n) is 2.36. The van der Waals surface area contributed by atoms with Crippen molar-refractivity contribution in [1.82, 2.24) is 5.32 Å². The Bertz CT molecular complexity index is 320. The molecule has 0 aliphatic heterocycles. The smallest absolute Gasteiger partial charge is 0.0938 e. The van der Waals surface area contributed by atoms with Crippen molar-refractivity contribution >= 4 is 0 Å². The van der Waals surface area contributed by atoms with Crippen molar-refractivity contribution in [3.8, 4) is 0 Å². The van der Waals surface area contributed by atoms with Crippen LogP contribution in [-0.4, -0.2) is 17.9 Å². The fourth-order valence-corrected chi connectivity index (χ4v) is 2.36. The lowest BCUT2D eigenvalue weighted by molar-refractivity contribution is -0.311. The molecule has 1 aromatic carbocycles. The maximum atomic E-state index is 8.50. The van der Waals surface area contributed by atoms with Gasteiger partial charge in [0.05, 0.1) is 6.10 Å². The average molecular weight is 221 g/mol. The molecule has 1 aromatic rings. The first-order chi connectivity index (χ1) is 7.72. The van der Waals surface area contributed by atoms with Crippen molar-refractivity contribution in [2.75, 3.05) is 6.54 Å². The van der Waals surface area contributed by atoms with E-state index in [9.17, 15) is 0 Å². The lowest BCUT2D eigenvalue weighted by Gasteiger charge is -2.43. The van der Waals surface area contributed by atoms with Gasteiger partial charge in [0, 0.05) is 13.1 Å². The van der Waals surface area contributed by atoms with E-state index in [1.54, 1.807) is 0 Å². The molecule has 0 heterocycles. The van der Waals surface area contributed by atoms with Gasteiger partial charge in [0.2, 0.25) is 0 Å². The van der Waals surface area contributed by atoms with Gasteiger partial charge in [0.1, 0.15) is 0 Å². The van der Waals surface area contributed by atoms with Gasteiger partial charge in [-0.1, -0.05) is 37.3 Å². The Morgan fingerprint density at radius 2 is 2.06 bits per heavy atom. The van der Waals surface area contributed by atoms with Crippen molar-refractivity contribution in [2.24, 2.45) is 5.41 Å². The predicted octanol–water partition coefficient (Wildman–Crippen LogP) is 2.43. The van der Waals surface area contributed by atoms with E-state index in [-0.39, 0.29) is 11.5 Å². The van der Waals surface area contributed by atoms with Gasteiger partial charge in [0.25, 0.3) is 0 Å². The first kappa shape index (κ1) is 11.6. The minimum Gasteiger partial charge on any atom is -0.312 e. The largest absolute Gasteiger partial charge is 0.312 e. The molecule has 3 nitrogen and oxygen atoms in total. The molecule has 2 rings (SSSR count). The van der Waals surface area contributed by atoms with Gasteiger partial charge in [-0.3, -0.25) is 5.26 Å². The number of hydrogen-bond acceptors (Lipinski definition) is 3. The van der Waals surface area contributed by atoms with Crippen molar-refractivity contribution in [2.45, 2.75) is 32.4 Å². The molecule has 1 fully saturated rings. The summed E-state index contributed by atoms with van der Waals surface area (Å²) in [5.74, 6) is 0. The van der Waals surface area contributed by atoms with E-state index in [0.29, 0.717) is 0 Å². The van der Waals surface area contributed by atoms with Crippen LogP contribution in [0, 0.1) is 5.41 Å². The van der Waals surface area contributed by atoms with Crippen molar-refractivity contribution in [3.05, 3.63) is 35.9 Å². The molecule has 1 aliphatic carbocycles.